The van der Waals surface area contributed by atoms with Crippen LogP contribution in [0.3, 0.4) is 0 Å². The van der Waals surface area contributed by atoms with Crippen LogP contribution in [0.1, 0.15) is 32.5 Å². The Kier molecular flexibility index (Phi) is 2.93. The predicted octanol–water partition coefficient (Wildman–Crippen LogP) is 1.96. The second kappa shape index (κ2) is 3.76. The first-order valence-corrected chi connectivity index (χ1v) is 4.52. The highest BCUT2D eigenvalue weighted by molar-refractivity contribution is 5.09. The summed E-state index contributed by atoms with van der Waals surface area (Å²) in [6.07, 6.45) is 3.08. The lowest BCUT2D eigenvalue weighted by atomic mass is 10.2. The minimum atomic E-state index is 0.248. The molecule has 0 radical (unpaired) electrons. The molecule has 2 nitrogen and oxygen atoms in total. The fraction of sp³-hybridized carbons (Fsp3) is 0.600. The smallest absolute Gasteiger partial charge is 0.0276 e. The molecule has 2 N–H and O–H groups in total. The zero-order chi connectivity index (χ0) is 9.14. The van der Waals surface area contributed by atoms with Crippen molar-refractivity contribution in [2.24, 2.45) is 5.73 Å². The number of rotatable bonds is 3. The Bertz CT molecular complexity index is 236. The molecule has 1 rings (SSSR count). The molecular formula is C10H18N2. The normalized spacial score (nSPS) is 13.8. The molecule has 0 amide bonds. The van der Waals surface area contributed by atoms with Crippen LogP contribution in [0.5, 0.6) is 0 Å². The van der Waals surface area contributed by atoms with Gasteiger partial charge in [0.2, 0.25) is 0 Å². The third-order valence-corrected chi connectivity index (χ3v) is 1.95. The monoisotopic (exact) mass is 166 g/mol. The summed E-state index contributed by atoms with van der Waals surface area (Å²) in [6.45, 7) is 6.41. The van der Waals surface area contributed by atoms with Gasteiger partial charge in [0, 0.05) is 30.4 Å². The van der Waals surface area contributed by atoms with Crippen molar-refractivity contribution in [3.63, 3.8) is 0 Å². The summed E-state index contributed by atoms with van der Waals surface area (Å²) in [4.78, 5) is 0. The molecule has 0 aliphatic carbocycles. The van der Waals surface area contributed by atoms with E-state index in [0.717, 1.165) is 6.42 Å². The van der Waals surface area contributed by atoms with E-state index < -0.39 is 0 Å². The van der Waals surface area contributed by atoms with Gasteiger partial charge < -0.3 is 10.3 Å². The first-order valence-electron chi connectivity index (χ1n) is 4.52. The molecule has 1 aromatic rings. The summed E-state index contributed by atoms with van der Waals surface area (Å²) in [5.74, 6) is 0. The van der Waals surface area contributed by atoms with Gasteiger partial charge in [0.05, 0.1) is 0 Å². The van der Waals surface area contributed by atoms with Crippen molar-refractivity contribution >= 4 is 0 Å². The molecule has 68 valence electrons. The highest BCUT2D eigenvalue weighted by Gasteiger charge is 2.05. The molecule has 1 unspecified atom stereocenters. The highest BCUT2D eigenvalue weighted by atomic mass is 15.0. The molecule has 1 atom stereocenters. The molecule has 0 fully saturated rings. The summed E-state index contributed by atoms with van der Waals surface area (Å²) < 4.78 is 2.27. The Morgan fingerprint density at radius 3 is 2.58 bits per heavy atom. The molecule has 1 aromatic heterocycles. The van der Waals surface area contributed by atoms with Gasteiger partial charge in [-0.05, 0) is 32.9 Å². The predicted molar refractivity (Wildman–Crippen MR) is 52.2 cm³/mol. The SMILES string of the molecule is CC(N)Cc1cccn1C(C)C. The first kappa shape index (κ1) is 9.33. The van der Waals surface area contributed by atoms with Crippen molar-refractivity contribution in [3.05, 3.63) is 24.0 Å². The quantitative estimate of drug-likeness (QED) is 0.731. The summed E-state index contributed by atoms with van der Waals surface area (Å²) in [6, 6.07) is 5.01. The van der Waals surface area contributed by atoms with Crippen LogP contribution >= 0.6 is 0 Å². The van der Waals surface area contributed by atoms with E-state index in [1.54, 1.807) is 0 Å². The van der Waals surface area contributed by atoms with E-state index >= 15 is 0 Å². The van der Waals surface area contributed by atoms with E-state index in [-0.39, 0.29) is 6.04 Å². The maximum Gasteiger partial charge on any atom is 0.0276 e. The molecular weight excluding hydrogens is 148 g/mol. The summed E-state index contributed by atoms with van der Waals surface area (Å²) in [7, 11) is 0. The van der Waals surface area contributed by atoms with Gasteiger partial charge in [0.1, 0.15) is 0 Å². The second-order valence-corrected chi connectivity index (χ2v) is 3.68. The second-order valence-electron chi connectivity index (χ2n) is 3.68. The van der Waals surface area contributed by atoms with Crippen molar-refractivity contribution in [2.45, 2.75) is 39.3 Å². The molecule has 0 saturated heterocycles. The standard InChI is InChI=1S/C10H18N2/c1-8(2)12-6-4-5-10(12)7-9(3)11/h4-6,8-9H,7,11H2,1-3H3. The first-order chi connectivity index (χ1) is 5.61. The topological polar surface area (TPSA) is 30.9 Å². The van der Waals surface area contributed by atoms with Gasteiger partial charge >= 0.3 is 0 Å². The maximum atomic E-state index is 5.74. The summed E-state index contributed by atoms with van der Waals surface area (Å²) in [5.41, 5.74) is 7.07. The van der Waals surface area contributed by atoms with Crippen molar-refractivity contribution in [2.75, 3.05) is 0 Å². The van der Waals surface area contributed by atoms with Crippen LogP contribution in [0.4, 0.5) is 0 Å². The van der Waals surface area contributed by atoms with E-state index in [0.29, 0.717) is 6.04 Å². The van der Waals surface area contributed by atoms with E-state index in [4.69, 9.17) is 5.73 Å². The fourth-order valence-electron chi connectivity index (χ4n) is 1.44. The highest BCUT2D eigenvalue weighted by Crippen LogP contribution is 2.11. The minimum Gasteiger partial charge on any atom is -0.349 e. The third kappa shape index (κ3) is 2.11. The van der Waals surface area contributed by atoms with Crippen molar-refractivity contribution in [1.82, 2.24) is 4.57 Å². The van der Waals surface area contributed by atoms with Crippen LogP contribution in [0.2, 0.25) is 0 Å². The van der Waals surface area contributed by atoms with E-state index in [1.807, 2.05) is 6.92 Å². The molecule has 0 spiro atoms. The van der Waals surface area contributed by atoms with Gasteiger partial charge in [-0.25, -0.2) is 0 Å². The molecule has 2 heteroatoms. The van der Waals surface area contributed by atoms with Crippen LogP contribution in [-0.4, -0.2) is 10.6 Å². The number of nitrogens with two attached hydrogens (primary N) is 1. The van der Waals surface area contributed by atoms with E-state index in [2.05, 4.69) is 36.7 Å². The van der Waals surface area contributed by atoms with Gasteiger partial charge in [0.25, 0.3) is 0 Å². The van der Waals surface area contributed by atoms with Crippen molar-refractivity contribution < 1.29 is 0 Å². The number of nitrogens with zero attached hydrogens (tertiary/aromatic N) is 1. The van der Waals surface area contributed by atoms with Gasteiger partial charge in [-0.15, -0.1) is 0 Å². The molecule has 0 bridgehead atoms. The minimum absolute atomic E-state index is 0.248. The zero-order valence-corrected chi connectivity index (χ0v) is 8.12. The lowest BCUT2D eigenvalue weighted by Gasteiger charge is -2.14. The summed E-state index contributed by atoms with van der Waals surface area (Å²) in [5, 5.41) is 0. The number of hydrogen-bond donors (Lipinski definition) is 1. The Morgan fingerprint density at radius 1 is 1.42 bits per heavy atom. The average Bonchev–Trinajstić information content (AvgIpc) is 2.33. The lowest BCUT2D eigenvalue weighted by molar-refractivity contribution is 0.561. The average molecular weight is 166 g/mol. The van der Waals surface area contributed by atoms with Crippen molar-refractivity contribution in [3.8, 4) is 0 Å². The molecule has 12 heavy (non-hydrogen) atoms. The third-order valence-electron chi connectivity index (χ3n) is 1.95. The largest absolute Gasteiger partial charge is 0.349 e. The van der Waals surface area contributed by atoms with Crippen LogP contribution < -0.4 is 5.73 Å². The summed E-state index contributed by atoms with van der Waals surface area (Å²) >= 11 is 0. The van der Waals surface area contributed by atoms with Gasteiger partial charge in [-0.2, -0.15) is 0 Å². The zero-order valence-electron chi connectivity index (χ0n) is 8.12. The molecule has 0 saturated carbocycles. The van der Waals surface area contributed by atoms with Gasteiger partial charge in [-0.1, -0.05) is 0 Å². The molecule has 0 aliphatic heterocycles. The maximum absolute atomic E-state index is 5.74. The Balaban J connectivity index is 2.77. The Labute approximate surface area is 74.4 Å². The van der Waals surface area contributed by atoms with Crippen molar-refractivity contribution in [1.29, 1.82) is 0 Å². The van der Waals surface area contributed by atoms with E-state index in [1.165, 1.54) is 5.69 Å². The van der Waals surface area contributed by atoms with Gasteiger partial charge in [-0.3, -0.25) is 0 Å². The fourth-order valence-corrected chi connectivity index (χ4v) is 1.44. The Morgan fingerprint density at radius 2 is 2.08 bits per heavy atom. The van der Waals surface area contributed by atoms with Crippen LogP contribution in [-0.2, 0) is 6.42 Å². The molecule has 0 aromatic carbocycles. The number of aromatic nitrogens is 1. The molecule has 0 aliphatic rings. The molecule has 1 heterocycles. The van der Waals surface area contributed by atoms with Crippen LogP contribution in [0.15, 0.2) is 18.3 Å². The van der Waals surface area contributed by atoms with E-state index in [9.17, 15) is 0 Å². The van der Waals surface area contributed by atoms with Crippen LogP contribution in [0, 0.1) is 0 Å². The van der Waals surface area contributed by atoms with Crippen LogP contribution in [0.25, 0.3) is 0 Å². The van der Waals surface area contributed by atoms with Gasteiger partial charge in [0.15, 0.2) is 0 Å². The Hall–Kier alpha value is -0.760. The number of hydrogen-bond acceptors (Lipinski definition) is 1. The lowest BCUT2D eigenvalue weighted by Crippen LogP contribution is -2.20.